The highest BCUT2D eigenvalue weighted by molar-refractivity contribution is 7.90. The number of carbonyl (C=O) groups is 1. The summed E-state index contributed by atoms with van der Waals surface area (Å²) in [5, 5.41) is 8.63. The van der Waals surface area contributed by atoms with Crippen LogP contribution in [0.1, 0.15) is 39.5 Å². The Bertz CT molecular complexity index is 914. The highest BCUT2D eigenvalue weighted by Gasteiger charge is 2.41. The van der Waals surface area contributed by atoms with Crippen molar-refractivity contribution in [3.05, 3.63) is 53.4 Å². The molecule has 0 aromatic heterocycles. The number of nitrogens with zero attached hydrogens (tertiary/aromatic N) is 2. The van der Waals surface area contributed by atoms with Gasteiger partial charge in [-0.15, -0.1) is 0 Å². The molecular formula is C22H30N2O5S. The molecule has 0 amide bonds. The van der Waals surface area contributed by atoms with Gasteiger partial charge in [0.25, 0.3) is 0 Å². The van der Waals surface area contributed by atoms with Crippen LogP contribution in [0, 0.1) is 0 Å². The number of piperidine rings is 1. The molecule has 0 radical (unpaired) electrons. The predicted molar refractivity (Wildman–Crippen MR) is 115 cm³/mol. The SMILES string of the molecule is CCN(CC)S(=O)(=O)C1CC(C(=O)O)=CC(N2CCCCC2)=C1Oc1ccccc1. The molecular weight excluding hydrogens is 404 g/mol. The second-order valence-electron chi connectivity index (χ2n) is 7.51. The number of carboxylic acid groups (broad SMARTS) is 1. The molecule has 1 unspecified atom stereocenters. The van der Waals surface area contributed by atoms with Gasteiger partial charge in [0.1, 0.15) is 16.8 Å². The third kappa shape index (κ3) is 4.70. The first-order valence-corrected chi connectivity index (χ1v) is 12.0. The summed E-state index contributed by atoms with van der Waals surface area (Å²) in [5.41, 5.74) is 0.666. The van der Waals surface area contributed by atoms with E-state index in [4.69, 9.17) is 4.74 Å². The van der Waals surface area contributed by atoms with Crippen molar-refractivity contribution in [2.45, 2.75) is 44.8 Å². The Hall–Kier alpha value is -2.32. The smallest absolute Gasteiger partial charge is 0.331 e. The summed E-state index contributed by atoms with van der Waals surface area (Å²) in [4.78, 5) is 13.9. The molecule has 0 saturated carbocycles. The maximum Gasteiger partial charge on any atom is 0.331 e. The summed E-state index contributed by atoms with van der Waals surface area (Å²) in [7, 11) is -3.81. The van der Waals surface area contributed by atoms with Gasteiger partial charge >= 0.3 is 5.97 Å². The summed E-state index contributed by atoms with van der Waals surface area (Å²) >= 11 is 0. The zero-order valence-electron chi connectivity index (χ0n) is 17.6. The minimum absolute atomic E-state index is 0.0942. The Labute approximate surface area is 178 Å². The second-order valence-corrected chi connectivity index (χ2v) is 9.62. The number of aliphatic carboxylic acids is 1. The van der Waals surface area contributed by atoms with Gasteiger partial charge in [0.2, 0.25) is 10.0 Å². The van der Waals surface area contributed by atoms with E-state index in [1.165, 1.54) is 4.31 Å². The van der Waals surface area contributed by atoms with Crippen molar-refractivity contribution in [3.8, 4) is 5.75 Å². The van der Waals surface area contributed by atoms with Crippen LogP contribution in [-0.2, 0) is 14.8 Å². The van der Waals surface area contributed by atoms with Crippen LogP contribution in [0.15, 0.2) is 53.4 Å². The van der Waals surface area contributed by atoms with Gasteiger partial charge in [0, 0.05) is 38.2 Å². The maximum absolute atomic E-state index is 13.5. The van der Waals surface area contributed by atoms with Crippen molar-refractivity contribution in [3.63, 3.8) is 0 Å². The van der Waals surface area contributed by atoms with Crippen LogP contribution < -0.4 is 4.74 Å². The largest absolute Gasteiger partial charge is 0.478 e. The predicted octanol–water partition coefficient (Wildman–Crippen LogP) is 3.22. The van der Waals surface area contributed by atoms with Crippen LogP contribution in [0.3, 0.4) is 0 Å². The standard InChI is InChI=1S/C22H30N2O5S/c1-3-24(4-2)30(27,28)20-16-17(22(25)26)15-19(23-13-9-6-10-14-23)21(20)29-18-11-7-5-8-12-18/h5,7-8,11-12,15,20H,3-4,6,9-10,13-14,16H2,1-2H3,(H,25,26). The number of hydrogen-bond acceptors (Lipinski definition) is 5. The number of likely N-dealkylation sites (tertiary alicyclic amines) is 1. The highest BCUT2D eigenvalue weighted by atomic mass is 32.2. The fourth-order valence-corrected chi connectivity index (χ4v) is 5.93. The number of carboxylic acids is 1. The number of sulfonamides is 1. The van der Waals surface area contributed by atoms with Crippen molar-refractivity contribution in [1.82, 2.24) is 9.21 Å². The molecule has 7 nitrogen and oxygen atoms in total. The van der Waals surface area contributed by atoms with Crippen LogP contribution in [0.2, 0.25) is 0 Å². The number of benzene rings is 1. The average molecular weight is 435 g/mol. The van der Waals surface area contributed by atoms with Crippen molar-refractivity contribution in [1.29, 1.82) is 0 Å². The Morgan fingerprint density at radius 3 is 2.33 bits per heavy atom. The van der Waals surface area contributed by atoms with Gasteiger partial charge in [0.05, 0.1) is 5.70 Å². The Balaban J connectivity index is 2.16. The van der Waals surface area contributed by atoms with Crippen LogP contribution in [-0.4, -0.2) is 60.1 Å². The molecule has 1 saturated heterocycles. The first kappa shape index (κ1) is 22.4. The quantitative estimate of drug-likeness (QED) is 0.676. The van der Waals surface area contributed by atoms with Crippen LogP contribution >= 0.6 is 0 Å². The lowest BCUT2D eigenvalue weighted by molar-refractivity contribution is -0.132. The molecule has 1 atom stereocenters. The maximum atomic E-state index is 13.5. The van der Waals surface area contributed by atoms with E-state index in [9.17, 15) is 18.3 Å². The number of para-hydroxylation sites is 1. The van der Waals surface area contributed by atoms with Gasteiger partial charge in [-0.2, -0.15) is 0 Å². The summed E-state index contributed by atoms with van der Waals surface area (Å²) in [6, 6.07) is 9.06. The highest BCUT2D eigenvalue weighted by Crippen LogP contribution is 2.35. The van der Waals surface area contributed by atoms with E-state index in [0.717, 1.165) is 32.4 Å². The fraction of sp³-hybridized carbons (Fsp3) is 0.500. The van der Waals surface area contributed by atoms with E-state index in [1.54, 1.807) is 32.1 Å². The summed E-state index contributed by atoms with van der Waals surface area (Å²) in [6.07, 6.45) is 4.54. The van der Waals surface area contributed by atoms with Crippen LogP contribution in [0.25, 0.3) is 0 Å². The molecule has 1 aromatic rings. The first-order chi connectivity index (χ1) is 14.4. The van der Waals surface area contributed by atoms with Crippen molar-refractivity contribution in [2.24, 2.45) is 0 Å². The molecule has 2 aliphatic rings. The van der Waals surface area contributed by atoms with Gasteiger partial charge in [-0.25, -0.2) is 17.5 Å². The van der Waals surface area contributed by atoms with Gasteiger partial charge in [-0.05, 0) is 37.5 Å². The molecule has 164 valence electrons. The zero-order chi connectivity index (χ0) is 21.7. The number of allylic oxidation sites excluding steroid dienone is 1. The normalized spacial score (nSPS) is 20.3. The topological polar surface area (TPSA) is 87.2 Å². The molecule has 0 bridgehead atoms. The summed E-state index contributed by atoms with van der Waals surface area (Å²) in [6.45, 7) is 5.70. The minimum Gasteiger partial charge on any atom is -0.478 e. The lowest BCUT2D eigenvalue weighted by Crippen LogP contribution is -2.44. The van der Waals surface area contributed by atoms with E-state index in [2.05, 4.69) is 4.90 Å². The van der Waals surface area contributed by atoms with Gasteiger partial charge < -0.3 is 14.7 Å². The molecule has 1 aliphatic carbocycles. The molecule has 8 heteroatoms. The molecule has 1 aliphatic heterocycles. The van der Waals surface area contributed by atoms with E-state index in [-0.39, 0.29) is 12.0 Å². The van der Waals surface area contributed by atoms with E-state index >= 15 is 0 Å². The third-order valence-corrected chi connectivity index (χ3v) is 7.96. The van der Waals surface area contributed by atoms with Gasteiger partial charge in [0.15, 0.2) is 0 Å². The van der Waals surface area contributed by atoms with Crippen molar-refractivity contribution in [2.75, 3.05) is 26.2 Å². The van der Waals surface area contributed by atoms with E-state index < -0.39 is 21.2 Å². The van der Waals surface area contributed by atoms with Crippen molar-refractivity contribution < 1.29 is 23.1 Å². The molecule has 0 spiro atoms. The Kier molecular flexibility index (Phi) is 7.20. The Morgan fingerprint density at radius 1 is 1.13 bits per heavy atom. The monoisotopic (exact) mass is 434 g/mol. The second kappa shape index (κ2) is 9.66. The summed E-state index contributed by atoms with van der Waals surface area (Å²) < 4.78 is 34.6. The molecule has 1 N–H and O–H groups in total. The minimum atomic E-state index is -3.81. The number of hydrogen-bond donors (Lipinski definition) is 1. The Morgan fingerprint density at radius 2 is 1.77 bits per heavy atom. The van der Waals surface area contributed by atoms with Gasteiger partial charge in [-0.3, -0.25) is 0 Å². The lowest BCUT2D eigenvalue weighted by atomic mass is 9.98. The zero-order valence-corrected chi connectivity index (χ0v) is 18.4. The van der Waals surface area contributed by atoms with E-state index in [0.29, 0.717) is 30.3 Å². The van der Waals surface area contributed by atoms with Gasteiger partial charge in [-0.1, -0.05) is 32.0 Å². The third-order valence-electron chi connectivity index (χ3n) is 5.63. The van der Waals surface area contributed by atoms with E-state index in [1.807, 2.05) is 18.2 Å². The molecule has 1 aromatic carbocycles. The summed E-state index contributed by atoms with van der Waals surface area (Å²) in [5.74, 6) is -0.239. The fourth-order valence-electron chi connectivity index (χ4n) is 4.02. The van der Waals surface area contributed by atoms with Crippen LogP contribution in [0.5, 0.6) is 5.75 Å². The first-order valence-electron chi connectivity index (χ1n) is 10.5. The average Bonchev–Trinajstić information content (AvgIpc) is 2.75. The molecule has 1 heterocycles. The van der Waals surface area contributed by atoms with Crippen LogP contribution in [0.4, 0.5) is 0 Å². The number of ether oxygens (including phenoxy) is 1. The molecule has 30 heavy (non-hydrogen) atoms. The molecule has 3 rings (SSSR count). The molecule has 1 fully saturated rings. The number of rotatable bonds is 8. The van der Waals surface area contributed by atoms with Crippen molar-refractivity contribution >= 4 is 16.0 Å². The lowest BCUT2D eigenvalue weighted by Gasteiger charge is -2.36.